The number of ether oxygens (including phenoxy) is 2. The minimum Gasteiger partial charge on any atom is -0.488 e. The van der Waals surface area contributed by atoms with Crippen LogP contribution in [-0.4, -0.2) is 40.6 Å². The lowest BCUT2D eigenvalue weighted by molar-refractivity contribution is 0.0259. The maximum atomic E-state index is 10.9. The molecule has 0 bridgehead atoms. The zero-order valence-corrected chi connectivity index (χ0v) is 15.7. The summed E-state index contributed by atoms with van der Waals surface area (Å²) in [5.41, 5.74) is 9.36. The Balaban J connectivity index is 1.51. The van der Waals surface area contributed by atoms with Crippen LogP contribution in [0.5, 0.6) is 5.75 Å². The third kappa shape index (κ3) is 4.67. The van der Waals surface area contributed by atoms with E-state index >= 15 is 0 Å². The van der Waals surface area contributed by atoms with Crippen molar-refractivity contribution in [3.8, 4) is 17.0 Å². The fraction of sp³-hybridized carbons (Fsp3) is 0.238. The van der Waals surface area contributed by atoms with Crippen molar-refractivity contribution in [2.75, 3.05) is 24.3 Å². The lowest BCUT2D eigenvalue weighted by Crippen LogP contribution is -2.26. The summed E-state index contributed by atoms with van der Waals surface area (Å²) >= 11 is 0. The third-order valence-electron chi connectivity index (χ3n) is 4.58. The number of hydrogen-bond donors (Lipinski definition) is 2. The maximum absolute atomic E-state index is 10.9. The van der Waals surface area contributed by atoms with E-state index in [4.69, 9.17) is 15.2 Å². The Morgan fingerprint density at radius 1 is 1.10 bits per heavy atom. The Morgan fingerprint density at radius 2 is 1.93 bits per heavy atom. The van der Waals surface area contributed by atoms with Gasteiger partial charge in [0.15, 0.2) is 6.29 Å². The molecule has 0 saturated carbocycles. The summed E-state index contributed by atoms with van der Waals surface area (Å²) < 4.78 is 11.4. The molecule has 3 heterocycles. The van der Waals surface area contributed by atoms with Gasteiger partial charge in [0.1, 0.15) is 17.5 Å². The smallest absolute Gasteiger partial charge is 0.227 e. The SMILES string of the molecule is Nc1cc(-c2ccnc(Nc3ccnc(C=O)c3)n2)ccc1OC1CCOCC1. The number of benzene rings is 1. The van der Waals surface area contributed by atoms with Gasteiger partial charge in [0, 0.05) is 36.5 Å². The van der Waals surface area contributed by atoms with E-state index in [2.05, 4.69) is 20.3 Å². The number of rotatable bonds is 6. The highest BCUT2D eigenvalue weighted by Crippen LogP contribution is 2.30. The molecule has 1 aliphatic heterocycles. The number of nitrogens with zero attached hydrogens (tertiary/aromatic N) is 3. The monoisotopic (exact) mass is 391 g/mol. The van der Waals surface area contributed by atoms with Gasteiger partial charge in [-0.2, -0.15) is 0 Å². The van der Waals surface area contributed by atoms with Crippen molar-refractivity contribution < 1.29 is 14.3 Å². The number of hydrogen-bond acceptors (Lipinski definition) is 8. The number of carbonyl (C=O) groups excluding carboxylic acids is 1. The first kappa shape index (κ1) is 18.8. The molecule has 1 aliphatic rings. The van der Waals surface area contributed by atoms with Gasteiger partial charge in [0.2, 0.25) is 5.95 Å². The number of nitrogens with one attached hydrogen (secondary N) is 1. The van der Waals surface area contributed by atoms with Crippen molar-refractivity contribution in [2.45, 2.75) is 18.9 Å². The van der Waals surface area contributed by atoms with Crippen LogP contribution in [0.1, 0.15) is 23.3 Å². The number of carbonyl (C=O) groups is 1. The molecule has 0 amide bonds. The minimum atomic E-state index is 0.128. The first-order valence-electron chi connectivity index (χ1n) is 9.37. The van der Waals surface area contributed by atoms with Crippen molar-refractivity contribution in [1.82, 2.24) is 15.0 Å². The Kier molecular flexibility index (Phi) is 5.62. The molecule has 0 aliphatic carbocycles. The van der Waals surface area contributed by atoms with Crippen LogP contribution >= 0.6 is 0 Å². The van der Waals surface area contributed by atoms with Crippen molar-refractivity contribution >= 4 is 23.6 Å². The average molecular weight is 391 g/mol. The molecule has 1 saturated heterocycles. The van der Waals surface area contributed by atoms with Crippen molar-refractivity contribution in [2.24, 2.45) is 0 Å². The van der Waals surface area contributed by atoms with Crippen LogP contribution in [0.2, 0.25) is 0 Å². The molecule has 0 atom stereocenters. The van der Waals surface area contributed by atoms with Gasteiger partial charge >= 0.3 is 0 Å². The molecule has 1 fully saturated rings. The second-order valence-electron chi connectivity index (χ2n) is 6.66. The highest BCUT2D eigenvalue weighted by atomic mass is 16.5. The normalized spacial score (nSPS) is 14.3. The zero-order valence-electron chi connectivity index (χ0n) is 15.7. The molecule has 0 unspecified atom stereocenters. The molecule has 8 nitrogen and oxygen atoms in total. The molecule has 0 radical (unpaired) electrons. The number of nitrogens with two attached hydrogens (primary N) is 1. The van der Waals surface area contributed by atoms with Gasteiger partial charge in [-0.05, 0) is 36.4 Å². The van der Waals surface area contributed by atoms with Gasteiger partial charge in [-0.1, -0.05) is 0 Å². The molecular formula is C21H21N5O3. The summed E-state index contributed by atoms with van der Waals surface area (Å²) in [5, 5.41) is 3.08. The van der Waals surface area contributed by atoms with E-state index in [9.17, 15) is 4.79 Å². The highest BCUT2D eigenvalue weighted by molar-refractivity contribution is 5.74. The number of aldehydes is 1. The largest absolute Gasteiger partial charge is 0.488 e. The van der Waals surface area contributed by atoms with E-state index < -0.39 is 0 Å². The molecule has 3 aromatic rings. The van der Waals surface area contributed by atoms with E-state index in [1.807, 2.05) is 24.3 Å². The van der Waals surface area contributed by atoms with Crippen LogP contribution in [0.3, 0.4) is 0 Å². The predicted octanol–water partition coefficient (Wildman–Crippen LogP) is 3.23. The molecule has 3 N–H and O–H groups in total. The number of nitrogen functional groups attached to an aromatic ring is 1. The summed E-state index contributed by atoms with van der Waals surface area (Å²) in [6, 6.07) is 10.8. The lowest BCUT2D eigenvalue weighted by atomic mass is 10.1. The zero-order chi connectivity index (χ0) is 20.1. The molecule has 1 aromatic carbocycles. The molecule has 8 heteroatoms. The number of pyridine rings is 1. The first-order valence-corrected chi connectivity index (χ1v) is 9.37. The fourth-order valence-electron chi connectivity index (χ4n) is 3.09. The van der Waals surface area contributed by atoms with Crippen molar-refractivity contribution in [3.63, 3.8) is 0 Å². The third-order valence-corrected chi connectivity index (χ3v) is 4.58. The van der Waals surface area contributed by atoms with Crippen LogP contribution < -0.4 is 15.8 Å². The Labute approximate surface area is 168 Å². The average Bonchev–Trinajstić information content (AvgIpc) is 2.76. The molecule has 2 aromatic heterocycles. The van der Waals surface area contributed by atoms with Crippen LogP contribution in [0.4, 0.5) is 17.3 Å². The predicted molar refractivity (Wildman–Crippen MR) is 109 cm³/mol. The Hall–Kier alpha value is -3.52. The van der Waals surface area contributed by atoms with Gasteiger partial charge in [-0.25, -0.2) is 9.97 Å². The highest BCUT2D eigenvalue weighted by Gasteiger charge is 2.17. The Morgan fingerprint density at radius 3 is 2.72 bits per heavy atom. The van der Waals surface area contributed by atoms with Crippen LogP contribution in [-0.2, 0) is 4.74 Å². The summed E-state index contributed by atoms with van der Waals surface area (Å²) in [6.07, 6.45) is 5.76. The van der Waals surface area contributed by atoms with E-state index in [-0.39, 0.29) is 6.10 Å². The van der Waals surface area contributed by atoms with Crippen LogP contribution in [0.25, 0.3) is 11.3 Å². The first-order chi connectivity index (χ1) is 14.2. The second-order valence-corrected chi connectivity index (χ2v) is 6.66. The molecule has 0 spiro atoms. The minimum absolute atomic E-state index is 0.128. The maximum Gasteiger partial charge on any atom is 0.227 e. The number of anilines is 3. The van der Waals surface area contributed by atoms with Gasteiger partial charge in [-0.3, -0.25) is 9.78 Å². The second kappa shape index (κ2) is 8.66. The van der Waals surface area contributed by atoms with Gasteiger partial charge in [0.05, 0.1) is 24.6 Å². The Bertz CT molecular complexity index is 1010. The van der Waals surface area contributed by atoms with E-state index in [1.54, 1.807) is 24.5 Å². The molecular weight excluding hydrogens is 370 g/mol. The van der Waals surface area contributed by atoms with Crippen LogP contribution in [0.15, 0.2) is 48.8 Å². The van der Waals surface area contributed by atoms with Crippen LogP contribution in [0, 0.1) is 0 Å². The van der Waals surface area contributed by atoms with E-state index in [1.165, 1.54) is 0 Å². The lowest BCUT2D eigenvalue weighted by Gasteiger charge is -2.24. The summed E-state index contributed by atoms with van der Waals surface area (Å²) in [4.78, 5) is 23.6. The van der Waals surface area contributed by atoms with Gasteiger partial charge in [-0.15, -0.1) is 0 Å². The fourth-order valence-corrected chi connectivity index (χ4v) is 3.09. The molecule has 29 heavy (non-hydrogen) atoms. The van der Waals surface area contributed by atoms with Crippen molar-refractivity contribution in [1.29, 1.82) is 0 Å². The number of aromatic nitrogens is 3. The quantitative estimate of drug-likeness (QED) is 0.486. The molecule has 148 valence electrons. The summed E-state index contributed by atoms with van der Waals surface area (Å²) in [7, 11) is 0. The summed E-state index contributed by atoms with van der Waals surface area (Å²) in [5.74, 6) is 1.08. The standard InChI is InChI=1S/C21H21N5O3/c22-18-11-14(1-2-20(18)29-17-5-9-28-10-6-17)19-4-8-24-21(26-19)25-15-3-7-23-16(12-15)13-27/h1-4,7-8,11-13,17H,5-6,9-10,22H2,(H,23,24,25,26). The molecule has 4 rings (SSSR count). The van der Waals surface area contributed by atoms with Gasteiger partial charge in [0.25, 0.3) is 0 Å². The van der Waals surface area contributed by atoms with Gasteiger partial charge < -0.3 is 20.5 Å². The van der Waals surface area contributed by atoms with Crippen molar-refractivity contribution in [3.05, 3.63) is 54.5 Å². The summed E-state index contributed by atoms with van der Waals surface area (Å²) in [6.45, 7) is 1.43. The van der Waals surface area contributed by atoms with E-state index in [0.717, 1.165) is 24.1 Å². The van der Waals surface area contributed by atoms with E-state index in [0.29, 0.717) is 48.3 Å². The topological polar surface area (TPSA) is 112 Å².